The number of amides is 1. The van der Waals surface area contributed by atoms with Crippen LogP contribution in [0.1, 0.15) is 49.1 Å². The quantitative estimate of drug-likeness (QED) is 0.230. The van der Waals surface area contributed by atoms with Crippen LogP contribution in [0.25, 0.3) is 5.76 Å². The second-order valence-corrected chi connectivity index (χ2v) is 10.1. The van der Waals surface area contributed by atoms with E-state index in [4.69, 9.17) is 0 Å². The highest BCUT2D eigenvalue weighted by atomic mass is 19.4. The first kappa shape index (κ1) is 26.8. The molecule has 4 rings (SSSR count). The Morgan fingerprint density at radius 1 is 0.921 bits per heavy atom. The molecule has 3 aromatic carbocycles. The number of rotatable bonds is 4. The Morgan fingerprint density at radius 3 is 2.08 bits per heavy atom. The number of ether oxygens (including phenoxy) is 1. The van der Waals surface area contributed by atoms with Gasteiger partial charge in [0.05, 0.1) is 11.6 Å². The van der Waals surface area contributed by atoms with Crippen molar-refractivity contribution in [3.63, 3.8) is 0 Å². The number of phenolic OH excluding ortho intramolecular Hbond substituents is 1. The van der Waals surface area contributed by atoms with E-state index < -0.39 is 29.8 Å². The molecule has 198 valence electrons. The van der Waals surface area contributed by atoms with Gasteiger partial charge in [0.25, 0.3) is 11.7 Å². The van der Waals surface area contributed by atoms with Crippen molar-refractivity contribution >= 4 is 23.1 Å². The number of aliphatic hydroxyl groups excluding tert-OH is 1. The second-order valence-electron chi connectivity index (χ2n) is 10.1. The van der Waals surface area contributed by atoms with E-state index in [9.17, 15) is 33.0 Å². The number of aryl methyl sites for hydroxylation is 1. The van der Waals surface area contributed by atoms with Crippen molar-refractivity contribution in [1.29, 1.82) is 0 Å². The summed E-state index contributed by atoms with van der Waals surface area (Å²) in [5.74, 6) is -2.82. The molecule has 1 aliphatic heterocycles. The number of anilines is 1. The number of halogens is 3. The van der Waals surface area contributed by atoms with Crippen LogP contribution in [0, 0.1) is 6.92 Å². The highest BCUT2D eigenvalue weighted by molar-refractivity contribution is 6.51. The van der Waals surface area contributed by atoms with E-state index in [0.717, 1.165) is 22.6 Å². The maximum Gasteiger partial charge on any atom is 0.573 e. The lowest BCUT2D eigenvalue weighted by Crippen LogP contribution is -2.29. The number of nitrogens with zero attached hydrogens (tertiary/aromatic N) is 1. The summed E-state index contributed by atoms with van der Waals surface area (Å²) < 4.78 is 41.8. The summed E-state index contributed by atoms with van der Waals surface area (Å²) in [6.07, 6.45) is -4.89. The minimum atomic E-state index is -4.89. The van der Waals surface area contributed by atoms with Crippen molar-refractivity contribution in [2.45, 2.75) is 45.5 Å². The van der Waals surface area contributed by atoms with Gasteiger partial charge in [0.1, 0.15) is 17.3 Å². The number of aliphatic hydroxyl groups is 1. The molecule has 3 aromatic rings. The molecule has 1 unspecified atom stereocenters. The second kappa shape index (κ2) is 9.55. The van der Waals surface area contributed by atoms with Gasteiger partial charge in [-0.3, -0.25) is 14.5 Å². The van der Waals surface area contributed by atoms with Crippen LogP contribution in [0.3, 0.4) is 0 Å². The summed E-state index contributed by atoms with van der Waals surface area (Å²) in [5, 5.41) is 21.3. The normalized spacial score (nSPS) is 17.7. The number of hydrogen-bond donors (Lipinski definition) is 2. The minimum absolute atomic E-state index is 0.0481. The number of Topliss-reactive ketones (excluding diaryl/α,β-unsaturated/α-hetero) is 1. The summed E-state index contributed by atoms with van der Waals surface area (Å²) in [6.45, 7) is 7.78. The van der Waals surface area contributed by atoms with E-state index in [0.29, 0.717) is 16.7 Å². The van der Waals surface area contributed by atoms with Crippen LogP contribution in [0.2, 0.25) is 0 Å². The van der Waals surface area contributed by atoms with Gasteiger partial charge in [0.15, 0.2) is 0 Å². The third kappa shape index (κ3) is 5.22. The molecule has 1 saturated heterocycles. The van der Waals surface area contributed by atoms with Gasteiger partial charge < -0.3 is 14.9 Å². The number of ketones is 1. The summed E-state index contributed by atoms with van der Waals surface area (Å²) in [5.41, 5.74) is 2.06. The average molecular weight is 526 g/mol. The first-order chi connectivity index (χ1) is 17.7. The van der Waals surface area contributed by atoms with E-state index in [-0.39, 0.29) is 28.2 Å². The molecule has 1 amide bonds. The van der Waals surface area contributed by atoms with Gasteiger partial charge in [0, 0.05) is 11.3 Å². The van der Waals surface area contributed by atoms with Crippen molar-refractivity contribution < 1.29 is 37.7 Å². The zero-order valence-corrected chi connectivity index (χ0v) is 21.1. The fourth-order valence-electron chi connectivity index (χ4n) is 4.37. The fraction of sp³-hybridized carbons (Fsp3) is 0.241. The fourth-order valence-corrected chi connectivity index (χ4v) is 4.37. The molecule has 0 aliphatic carbocycles. The van der Waals surface area contributed by atoms with E-state index in [2.05, 4.69) is 4.74 Å². The molecule has 2 N–H and O–H groups in total. The van der Waals surface area contributed by atoms with Gasteiger partial charge in [0.2, 0.25) is 0 Å². The lowest BCUT2D eigenvalue weighted by molar-refractivity contribution is -0.274. The zero-order valence-electron chi connectivity index (χ0n) is 21.1. The Labute approximate surface area is 217 Å². The van der Waals surface area contributed by atoms with Crippen LogP contribution in [-0.4, -0.2) is 28.3 Å². The predicted octanol–water partition coefficient (Wildman–Crippen LogP) is 6.52. The van der Waals surface area contributed by atoms with Gasteiger partial charge in [-0.05, 0) is 71.5 Å². The van der Waals surface area contributed by atoms with E-state index in [1.54, 1.807) is 13.0 Å². The molecule has 0 bridgehead atoms. The number of carbonyl (C=O) groups excluding carboxylic acids is 2. The number of benzene rings is 3. The molecule has 1 heterocycles. The molecule has 38 heavy (non-hydrogen) atoms. The maximum absolute atomic E-state index is 13.4. The Hall–Kier alpha value is -4.27. The number of hydrogen-bond acceptors (Lipinski definition) is 5. The number of aromatic hydroxyl groups is 1. The van der Waals surface area contributed by atoms with Crippen molar-refractivity contribution in [2.75, 3.05) is 4.90 Å². The molecule has 0 saturated carbocycles. The first-order valence-corrected chi connectivity index (χ1v) is 11.7. The third-order valence-corrected chi connectivity index (χ3v) is 6.36. The van der Waals surface area contributed by atoms with Crippen LogP contribution in [0.15, 0.2) is 72.3 Å². The summed E-state index contributed by atoms with van der Waals surface area (Å²) >= 11 is 0. The van der Waals surface area contributed by atoms with Gasteiger partial charge >= 0.3 is 6.36 Å². The number of alkyl halides is 3. The standard InChI is InChI=1S/C29H26F3NO5/c1-16-5-8-18(28(2,3)4)15-22(16)25(35)23-24(17-6-11-20(34)12-7-17)33(27(37)26(23)36)19-9-13-21(14-10-19)38-29(30,31)32/h5-15,24,34-35H,1-4H3/b25-23+. The van der Waals surface area contributed by atoms with Crippen molar-refractivity contribution in [1.82, 2.24) is 0 Å². The monoisotopic (exact) mass is 525 g/mol. The molecule has 1 atom stereocenters. The molecule has 0 radical (unpaired) electrons. The van der Waals surface area contributed by atoms with Crippen molar-refractivity contribution in [3.05, 3.63) is 94.6 Å². The molecule has 9 heteroatoms. The smallest absolute Gasteiger partial charge is 0.508 e. The number of phenols is 1. The summed E-state index contributed by atoms with van der Waals surface area (Å²) in [7, 11) is 0. The predicted molar refractivity (Wildman–Crippen MR) is 136 cm³/mol. The minimum Gasteiger partial charge on any atom is -0.508 e. The Morgan fingerprint density at radius 2 is 1.53 bits per heavy atom. The van der Waals surface area contributed by atoms with Crippen LogP contribution in [-0.2, 0) is 15.0 Å². The largest absolute Gasteiger partial charge is 0.573 e. The molecule has 0 spiro atoms. The maximum atomic E-state index is 13.4. The van der Waals surface area contributed by atoms with Crippen molar-refractivity contribution in [3.8, 4) is 11.5 Å². The van der Waals surface area contributed by atoms with E-state index in [1.165, 1.54) is 36.4 Å². The van der Waals surface area contributed by atoms with Crippen LogP contribution >= 0.6 is 0 Å². The Balaban J connectivity index is 1.90. The van der Waals surface area contributed by atoms with Crippen LogP contribution in [0.4, 0.5) is 18.9 Å². The average Bonchev–Trinajstić information content (AvgIpc) is 3.08. The highest BCUT2D eigenvalue weighted by Crippen LogP contribution is 2.43. The van der Waals surface area contributed by atoms with Gasteiger partial charge in [-0.2, -0.15) is 0 Å². The molecular formula is C29H26F3NO5. The molecule has 0 aromatic heterocycles. The highest BCUT2D eigenvalue weighted by Gasteiger charge is 2.47. The molecule has 1 fully saturated rings. The lowest BCUT2D eigenvalue weighted by Gasteiger charge is -2.26. The van der Waals surface area contributed by atoms with E-state index in [1.807, 2.05) is 32.9 Å². The molecule has 1 aliphatic rings. The van der Waals surface area contributed by atoms with Gasteiger partial charge in [-0.25, -0.2) is 0 Å². The van der Waals surface area contributed by atoms with Gasteiger partial charge in [-0.15, -0.1) is 13.2 Å². The summed E-state index contributed by atoms with van der Waals surface area (Å²) in [6, 6.07) is 14.7. The molecular weight excluding hydrogens is 499 g/mol. The third-order valence-electron chi connectivity index (χ3n) is 6.36. The first-order valence-electron chi connectivity index (χ1n) is 11.7. The van der Waals surface area contributed by atoms with E-state index >= 15 is 0 Å². The topological polar surface area (TPSA) is 87.1 Å². The van der Waals surface area contributed by atoms with Crippen LogP contribution < -0.4 is 9.64 Å². The van der Waals surface area contributed by atoms with Crippen LogP contribution in [0.5, 0.6) is 11.5 Å². The van der Waals surface area contributed by atoms with Crippen molar-refractivity contribution in [2.24, 2.45) is 0 Å². The lowest BCUT2D eigenvalue weighted by atomic mass is 9.84. The zero-order chi connectivity index (χ0) is 28.0. The van der Waals surface area contributed by atoms with Gasteiger partial charge in [-0.1, -0.05) is 45.0 Å². The Kier molecular flexibility index (Phi) is 6.73. The molecule has 6 nitrogen and oxygen atoms in total. The SMILES string of the molecule is Cc1ccc(C(C)(C)C)cc1/C(O)=C1\C(=O)C(=O)N(c2ccc(OC(F)(F)F)cc2)C1c1ccc(O)cc1. The number of carbonyl (C=O) groups is 2. The Bertz CT molecular complexity index is 1420. The summed E-state index contributed by atoms with van der Waals surface area (Å²) in [4.78, 5) is 27.8.